The van der Waals surface area contributed by atoms with Crippen molar-refractivity contribution in [2.24, 2.45) is 0 Å². The second kappa shape index (κ2) is 23.0. The monoisotopic (exact) mass is 1280 g/mol. The summed E-state index contributed by atoms with van der Waals surface area (Å²) in [6, 6.07) is 17.2. The molecule has 4 rings (SSSR count). The number of hydrogen-bond acceptors (Lipinski definition) is 3. The molecule has 0 spiro atoms. The molecule has 0 bridgehead atoms. The summed E-state index contributed by atoms with van der Waals surface area (Å²) in [6.45, 7) is 19.1. The lowest BCUT2D eigenvalue weighted by atomic mass is 9.78. The second-order valence-corrected chi connectivity index (χ2v) is 21.5. The molecule has 4 aromatic rings. The maximum Gasteiger partial charge on any atom is 0.283 e. The van der Waals surface area contributed by atoms with Crippen LogP contribution < -0.4 is 14.2 Å². The number of aliphatic hydroxyl groups is 1. The highest BCUT2D eigenvalue weighted by Crippen LogP contribution is 2.46. The standard InChI is InChI=1S/C45H48Br8O4/c1-7-9-12-16-54-40-32(46)20-28(21-33(40)47)44(3,4)30-24-36(50)42(37(51)25-30)56-18-14-11-15-19-57-43-38(52)26-31(27-39(43)53)45(5,6)29-22-34(48)41(35(49)23-29)55-17-13-10-8-2/h7-8,20-27H,1-2,9-19H2,3-6H3/p+1. The van der Waals surface area contributed by atoms with Gasteiger partial charge in [0, 0.05) is 17.3 Å². The molecule has 308 valence electrons. The van der Waals surface area contributed by atoms with Crippen LogP contribution in [-0.4, -0.2) is 31.2 Å². The number of allylic oxidation sites excluding steroid dienone is 2. The number of aromatic hydroxyl groups is 1. The summed E-state index contributed by atoms with van der Waals surface area (Å²) in [5.41, 5.74) is 4.06. The Morgan fingerprint density at radius 2 is 0.754 bits per heavy atom. The molecule has 0 fully saturated rings. The number of halogens is 8. The zero-order chi connectivity index (χ0) is 41.9. The lowest BCUT2D eigenvalue weighted by Crippen LogP contribution is -2.19. The van der Waals surface area contributed by atoms with E-state index in [4.69, 9.17) is 18.9 Å². The van der Waals surface area contributed by atoms with Crippen molar-refractivity contribution in [1.29, 1.82) is 0 Å². The molecule has 4 nitrogen and oxygen atoms in total. The molecule has 0 saturated heterocycles. The number of ether oxygens (including phenoxy) is 4. The zero-order valence-electron chi connectivity index (χ0n) is 32.7. The van der Waals surface area contributed by atoms with Crippen molar-refractivity contribution >= 4 is 127 Å². The average molecular weight is 1290 g/mol. The summed E-state index contributed by atoms with van der Waals surface area (Å²) in [6.07, 6.45) is 10.4. The summed E-state index contributed by atoms with van der Waals surface area (Å²) in [5.74, 6) is 3.37. The van der Waals surface area contributed by atoms with E-state index in [1.54, 1.807) is 0 Å². The van der Waals surface area contributed by atoms with Crippen LogP contribution in [0.15, 0.2) is 110 Å². The molecule has 0 amide bonds. The quantitative estimate of drug-likeness (QED) is 0.0447. The predicted octanol–water partition coefficient (Wildman–Crippen LogP) is 17.6. The molecule has 0 unspecified atom stereocenters. The minimum absolute atomic E-state index is 0.279. The van der Waals surface area contributed by atoms with Crippen molar-refractivity contribution in [2.45, 2.75) is 83.5 Å². The van der Waals surface area contributed by atoms with Gasteiger partial charge in [0.15, 0.2) is 6.61 Å². The Morgan fingerprint density at radius 3 is 1.07 bits per heavy atom. The fourth-order valence-electron chi connectivity index (χ4n) is 6.15. The van der Waals surface area contributed by atoms with Crippen molar-refractivity contribution in [2.75, 3.05) is 26.4 Å². The number of hydrogen-bond donors (Lipinski definition) is 0. The highest BCUT2D eigenvalue weighted by molar-refractivity contribution is 9.12. The largest absolute Gasteiger partial charge is 0.581 e. The molecular weight excluding hydrogens is 1240 g/mol. The van der Waals surface area contributed by atoms with Gasteiger partial charge in [0.05, 0.1) is 46.7 Å². The van der Waals surface area contributed by atoms with E-state index in [0.29, 0.717) is 19.8 Å². The van der Waals surface area contributed by atoms with Crippen LogP contribution in [0.3, 0.4) is 0 Å². The third kappa shape index (κ3) is 13.2. The summed E-state index contributed by atoms with van der Waals surface area (Å²) >= 11 is 30.2. The van der Waals surface area contributed by atoms with E-state index in [9.17, 15) is 0 Å². The Kier molecular flexibility index (Phi) is 19.8. The van der Waals surface area contributed by atoms with Crippen LogP contribution in [-0.2, 0) is 10.8 Å². The number of rotatable bonds is 22. The van der Waals surface area contributed by atoms with Gasteiger partial charge in [-0.1, -0.05) is 39.8 Å². The van der Waals surface area contributed by atoms with E-state index in [1.807, 2.05) is 12.2 Å². The van der Waals surface area contributed by atoms with E-state index >= 15 is 0 Å². The third-order valence-electron chi connectivity index (χ3n) is 9.82. The molecule has 4 aromatic carbocycles. The van der Waals surface area contributed by atoms with Crippen LogP contribution in [0.25, 0.3) is 0 Å². The first-order chi connectivity index (χ1) is 27.0. The van der Waals surface area contributed by atoms with Crippen LogP contribution in [0.5, 0.6) is 23.0 Å². The fourth-order valence-corrected chi connectivity index (χ4v) is 11.8. The maximum absolute atomic E-state index is 6.29. The first-order valence-corrected chi connectivity index (χ1v) is 25.1. The van der Waals surface area contributed by atoms with Crippen molar-refractivity contribution in [3.05, 3.63) is 132 Å². The van der Waals surface area contributed by atoms with E-state index < -0.39 is 0 Å². The highest BCUT2D eigenvalue weighted by atomic mass is 79.9. The van der Waals surface area contributed by atoms with Gasteiger partial charge in [-0.2, -0.15) is 0 Å². The SMILES string of the molecule is C=CCCCOc1c(Br)cc(C(C)(C)c2cc(Br)c(OCCCCC[OH+]c3c(Br)cc(C(C)(C)c4cc(Br)c(OCCCC=C)c(Br)c4)cc3Br)c(Br)c2)cc1Br. The van der Waals surface area contributed by atoms with Gasteiger partial charge in [0.1, 0.15) is 26.2 Å². The van der Waals surface area contributed by atoms with Crippen molar-refractivity contribution in [3.8, 4) is 23.0 Å². The fraction of sp³-hybridized carbons (Fsp3) is 0.378. The van der Waals surface area contributed by atoms with Crippen molar-refractivity contribution in [3.63, 3.8) is 0 Å². The van der Waals surface area contributed by atoms with E-state index in [1.165, 1.54) is 5.56 Å². The molecule has 1 N–H and O–H groups in total. The van der Waals surface area contributed by atoms with Crippen LogP contribution in [0.1, 0.15) is 94.9 Å². The summed E-state index contributed by atoms with van der Waals surface area (Å²) < 4.78 is 30.8. The average Bonchev–Trinajstić information content (AvgIpc) is 3.14. The molecule has 12 heteroatoms. The lowest BCUT2D eigenvalue weighted by Gasteiger charge is -2.28. The minimum atomic E-state index is -0.290. The molecule has 0 radical (unpaired) electrons. The van der Waals surface area contributed by atoms with E-state index in [-0.39, 0.29) is 10.8 Å². The van der Waals surface area contributed by atoms with Crippen LogP contribution >= 0.6 is 127 Å². The molecule has 0 atom stereocenters. The van der Waals surface area contributed by atoms with Crippen molar-refractivity contribution < 1.29 is 18.9 Å². The van der Waals surface area contributed by atoms with E-state index in [0.717, 1.165) is 127 Å². The van der Waals surface area contributed by atoms with Gasteiger partial charge < -0.3 is 18.9 Å². The van der Waals surface area contributed by atoms with Gasteiger partial charge in [-0.25, -0.2) is 0 Å². The zero-order valence-corrected chi connectivity index (χ0v) is 45.3. The van der Waals surface area contributed by atoms with Crippen LogP contribution in [0, 0.1) is 0 Å². The molecule has 0 aliphatic heterocycles. The predicted molar refractivity (Wildman–Crippen MR) is 267 cm³/mol. The Balaban J connectivity index is 1.30. The van der Waals surface area contributed by atoms with E-state index in [2.05, 4.69) is 217 Å². The molecule has 0 heterocycles. The smallest absolute Gasteiger partial charge is 0.283 e. The minimum Gasteiger partial charge on any atom is -0.581 e. The molecular formula is C45H49Br8O4+. The van der Waals surface area contributed by atoms with Gasteiger partial charge in [0.25, 0.3) is 5.75 Å². The Hall–Kier alpha value is -0.600. The molecule has 0 aliphatic rings. The van der Waals surface area contributed by atoms with Gasteiger partial charge in [-0.15, -0.1) is 13.2 Å². The Bertz CT molecular complexity index is 1790. The summed E-state index contributed by atoms with van der Waals surface area (Å²) in [7, 11) is 0. The highest BCUT2D eigenvalue weighted by Gasteiger charge is 2.29. The third-order valence-corrected chi connectivity index (χ3v) is 14.6. The van der Waals surface area contributed by atoms with Gasteiger partial charge in [-0.3, -0.25) is 0 Å². The van der Waals surface area contributed by atoms with Gasteiger partial charge in [-0.05, 0) is 237 Å². The first kappa shape index (κ1) is 49.1. The normalized spacial score (nSPS) is 11.7. The molecule has 0 aliphatic carbocycles. The summed E-state index contributed by atoms with van der Waals surface area (Å²) in [5, 5.41) is 0. The lowest BCUT2D eigenvalue weighted by molar-refractivity contribution is 0.0612. The molecule has 57 heavy (non-hydrogen) atoms. The molecule has 0 aromatic heterocycles. The number of benzene rings is 4. The van der Waals surface area contributed by atoms with Gasteiger partial charge >= 0.3 is 0 Å². The van der Waals surface area contributed by atoms with Crippen molar-refractivity contribution in [1.82, 2.24) is 0 Å². The first-order valence-electron chi connectivity index (χ1n) is 18.8. The number of unbranched alkanes of at least 4 members (excludes halogenated alkanes) is 4. The van der Waals surface area contributed by atoms with Crippen LogP contribution in [0.4, 0.5) is 0 Å². The van der Waals surface area contributed by atoms with Gasteiger partial charge in [0.2, 0.25) is 0 Å². The summed E-state index contributed by atoms with van der Waals surface area (Å²) in [4.78, 5) is 0. The molecule has 0 saturated carbocycles. The maximum atomic E-state index is 6.29. The van der Waals surface area contributed by atoms with Crippen LogP contribution in [0.2, 0.25) is 0 Å². The second-order valence-electron chi connectivity index (χ2n) is 14.7. The Morgan fingerprint density at radius 1 is 0.456 bits per heavy atom. The topological polar surface area (TPSA) is 40.5 Å². The Labute approximate surface area is 406 Å².